The Balaban J connectivity index is 1.35. The van der Waals surface area contributed by atoms with E-state index in [1.54, 1.807) is 0 Å². The van der Waals surface area contributed by atoms with Crippen molar-refractivity contribution in [1.82, 2.24) is 0 Å². The molecular formula is C36H26BN. The molecule has 0 unspecified atom stereocenters. The highest BCUT2D eigenvalue weighted by Crippen LogP contribution is 2.38. The third-order valence-corrected chi connectivity index (χ3v) is 7.53. The van der Waals surface area contributed by atoms with Gasteiger partial charge in [-0.1, -0.05) is 127 Å². The van der Waals surface area contributed by atoms with Crippen molar-refractivity contribution in [2.24, 2.45) is 0 Å². The van der Waals surface area contributed by atoms with Crippen LogP contribution in [0, 0.1) is 0 Å². The molecule has 0 bridgehead atoms. The Hall–Kier alpha value is -4.82. The first kappa shape index (κ1) is 22.4. The summed E-state index contributed by atoms with van der Waals surface area (Å²) in [6, 6.07) is 54.6. The summed E-state index contributed by atoms with van der Waals surface area (Å²) in [5.41, 5.74) is 13.9. The van der Waals surface area contributed by atoms with Crippen molar-refractivity contribution in [2.75, 3.05) is 4.90 Å². The second-order valence-electron chi connectivity index (χ2n) is 9.80. The van der Waals surface area contributed by atoms with Crippen LogP contribution in [-0.2, 0) is 0 Å². The minimum Gasteiger partial charge on any atom is -0.311 e. The zero-order valence-electron chi connectivity index (χ0n) is 21.1. The van der Waals surface area contributed by atoms with Gasteiger partial charge in [-0.15, -0.1) is 0 Å². The van der Waals surface area contributed by atoms with E-state index in [-0.39, 0.29) is 0 Å². The molecule has 1 aliphatic rings. The smallest absolute Gasteiger partial charge is 0.196 e. The molecule has 6 aromatic carbocycles. The quantitative estimate of drug-likeness (QED) is 0.225. The normalized spacial score (nSPS) is 11.4. The molecule has 178 valence electrons. The zero-order chi connectivity index (χ0) is 25.3. The van der Waals surface area contributed by atoms with Crippen molar-refractivity contribution >= 4 is 35.3 Å². The molecular weight excluding hydrogens is 457 g/mol. The molecule has 0 saturated heterocycles. The van der Waals surface area contributed by atoms with Gasteiger partial charge in [0.15, 0.2) is 7.28 Å². The summed E-state index contributed by atoms with van der Waals surface area (Å²) < 4.78 is 0. The Morgan fingerprint density at radius 3 is 1.42 bits per heavy atom. The molecule has 1 nitrogen and oxygen atoms in total. The molecule has 0 saturated carbocycles. The minimum absolute atomic E-state index is 0.947. The van der Waals surface area contributed by atoms with Crippen LogP contribution in [0.2, 0.25) is 0 Å². The number of hydrogen-bond donors (Lipinski definition) is 0. The van der Waals surface area contributed by atoms with E-state index in [1.165, 1.54) is 50.0 Å². The van der Waals surface area contributed by atoms with Crippen molar-refractivity contribution in [3.63, 3.8) is 0 Å². The maximum absolute atomic E-state index is 2.41. The lowest BCUT2D eigenvalue weighted by atomic mass is 9.67. The predicted octanol–water partition coefficient (Wildman–Crippen LogP) is 7.86. The molecule has 0 N–H and O–H groups in total. The van der Waals surface area contributed by atoms with E-state index in [0.717, 1.165) is 18.7 Å². The highest BCUT2D eigenvalue weighted by molar-refractivity contribution is 6.75. The van der Waals surface area contributed by atoms with Gasteiger partial charge < -0.3 is 4.90 Å². The third-order valence-electron chi connectivity index (χ3n) is 7.53. The van der Waals surface area contributed by atoms with Crippen molar-refractivity contribution in [3.05, 3.63) is 152 Å². The van der Waals surface area contributed by atoms with Gasteiger partial charge in [0.25, 0.3) is 0 Å². The molecule has 1 heterocycles. The predicted molar refractivity (Wildman–Crippen MR) is 164 cm³/mol. The molecule has 6 aromatic rings. The van der Waals surface area contributed by atoms with Gasteiger partial charge in [-0.05, 0) is 69.2 Å². The highest BCUT2D eigenvalue weighted by atomic mass is 15.1. The summed E-state index contributed by atoms with van der Waals surface area (Å²) in [5, 5.41) is 0. The standard InChI is InChI=1S/C36H26BN/c1-3-10-26(11-4-1)28-18-22-30(23-19-28)38(31-24-20-29(21-25-31)27-12-5-2-6-13-27)35-17-9-15-33-32-14-7-8-16-34(32)37-36(33)35/h1-25,37H. The van der Waals surface area contributed by atoms with Gasteiger partial charge in [-0.3, -0.25) is 0 Å². The summed E-state index contributed by atoms with van der Waals surface area (Å²) in [5.74, 6) is 0. The minimum atomic E-state index is 0.947. The molecule has 38 heavy (non-hydrogen) atoms. The number of rotatable bonds is 5. The van der Waals surface area contributed by atoms with E-state index in [2.05, 4.69) is 157 Å². The topological polar surface area (TPSA) is 3.24 Å². The highest BCUT2D eigenvalue weighted by Gasteiger charge is 2.25. The fourth-order valence-electron chi connectivity index (χ4n) is 5.64. The van der Waals surface area contributed by atoms with E-state index < -0.39 is 0 Å². The van der Waals surface area contributed by atoms with Crippen LogP contribution in [0.5, 0.6) is 0 Å². The van der Waals surface area contributed by atoms with Gasteiger partial charge in [0.1, 0.15) is 0 Å². The number of anilines is 3. The van der Waals surface area contributed by atoms with Crippen LogP contribution in [0.3, 0.4) is 0 Å². The molecule has 0 atom stereocenters. The Bertz CT molecular complexity index is 1620. The average Bonchev–Trinajstić information content (AvgIpc) is 3.39. The summed E-state index contributed by atoms with van der Waals surface area (Å²) in [6.45, 7) is 0. The average molecular weight is 483 g/mol. The molecule has 7 rings (SSSR count). The van der Waals surface area contributed by atoms with E-state index in [0.29, 0.717) is 0 Å². The molecule has 0 aromatic heterocycles. The molecule has 2 heteroatoms. The van der Waals surface area contributed by atoms with Crippen molar-refractivity contribution in [2.45, 2.75) is 0 Å². The van der Waals surface area contributed by atoms with Crippen LogP contribution >= 0.6 is 0 Å². The van der Waals surface area contributed by atoms with Crippen molar-refractivity contribution < 1.29 is 0 Å². The van der Waals surface area contributed by atoms with Crippen molar-refractivity contribution in [3.8, 4) is 33.4 Å². The fraction of sp³-hybridized carbons (Fsp3) is 0. The lowest BCUT2D eigenvalue weighted by molar-refractivity contribution is 1.29. The maximum Gasteiger partial charge on any atom is 0.196 e. The monoisotopic (exact) mass is 483 g/mol. The number of nitrogens with zero attached hydrogens (tertiary/aromatic N) is 1. The van der Waals surface area contributed by atoms with E-state index >= 15 is 0 Å². The Kier molecular flexibility index (Phi) is 5.64. The molecule has 1 aliphatic heterocycles. The molecule has 0 amide bonds. The summed E-state index contributed by atoms with van der Waals surface area (Å²) in [7, 11) is 0.947. The summed E-state index contributed by atoms with van der Waals surface area (Å²) >= 11 is 0. The zero-order valence-corrected chi connectivity index (χ0v) is 21.1. The summed E-state index contributed by atoms with van der Waals surface area (Å²) in [4.78, 5) is 2.41. The van der Waals surface area contributed by atoms with Gasteiger partial charge in [0.2, 0.25) is 0 Å². The Morgan fingerprint density at radius 1 is 0.368 bits per heavy atom. The second-order valence-corrected chi connectivity index (χ2v) is 9.80. The first-order valence-electron chi connectivity index (χ1n) is 13.2. The van der Waals surface area contributed by atoms with Gasteiger partial charge in [-0.2, -0.15) is 0 Å². The number of fused-ring (bicyclic) bond motifs is 3. The Labute approximate surface area is 224 Å². The maximum atomic E-state index is 2.41. The van der Waals surface area contributed by atoms with Crippen molar-refractivity contribution in [1.29, 1.82) is 0 Å². The molecule has 0 spiro atoms. The molecule has 0 fully saturated rings. The van der Waals surface area contributed by atoms with Crippen LogP contribution in [-0.4, -0.2) is 7.28 Å². The van der Waals surface area contributed by atoms with E-state index in [9.17, 15) is 0 Å². The summed E-state index contributed by atoms with van der Waals surface area (Å²) in [6.07, 6.45) is 0. The van der Waals surface area contributed by atoms with Crippen LogP contribution < -0.4 is 15.8 Å². The lowest BCUT2D eigenvalue weighted by Crippen LogP contribution is -2.27. The molecule has 0 aliphatic carbocycles. The van der Waals surface area contributed by atoms with Crippen LogP contribution in [0.25, 0.3) is 33.4 Å². The first-order chi connectivity index (χ1) is 18.8. The fourth-order valence-corrected chi connectivity index (χ4v) is 5.64. The van der Waals surface area contributed by atoms with Crippen LogP contribution in [0.1, 0.15) is 0 Å². The van der Waals surface area contributed by atoms with Crippen LogP contribution in [0.4, 0.5) is 17.1 Å². The Morgan fingerprint density at radius 2 is 0.842 bits per heavy atom. The van der Waals surface area contributed by atoms with Crippen LogP contribution in [0.15, 0.2) is 152 Å². The van der Waals surface area contributed by atoms with E-state index in [4.69, 9.17) is 0 Å². The third kappa shape index (κ3) is 4.01. The second kappa shape index (κ2) is 9.57. The van der Waals surface area contributed by atoms with Gasteiger partial charge in [0.05, 0.1) is 0 Å². The number of hydrogen-bond acceptors (Lipinski definition) is 1. The number of benzene rings is 6. The van der Waals surface area contributed by atoms with Gasteiger partial charge in [-0.25, -0.2) is 0 Å². The SMILES string of the molecule is B1c2ccccc2-c2cccc(N(c3ccc(-c4ccccc4)cc3)c3ccc(-c4ccccc4)cc3)c21. The first-order valence-corrected chi connectivity index (χ1v) is 13.2. The van der Waals surface area contributed by atoms with Gasteiger partial charge >= 0.3 is 0 Å². The van der Waals surface area contributed by atoms with Gasteiger partial charge in [0, 0.05) is 17.1 Å². The lowest BCUT2D eigenvalue weighted by Gasteiger charge is -2.28. The molecule has 0 radical (unpaired) electrons. The van der Waals surface area contributed by atoms with E-state index in [1.807, 2.05) is 0 Å². The largest absolute Gasteiger partial charge is 0.311 e.